The first-order valence-corrected chi connectivity index (χ1v) is 13.7. The van der Waals surface area contributed by atoms with Gasteiger partial charge in [-0.25, -0.2) is 8.42 Å². The fraction of sp³-hybridized carbons (Fsp3) is 0.462. The summed E-state index contributed by atoms with van der Waals surface area (Å²) in [6.45, 7) is 6.01. The van der Waals surface area contributed by atoms with Crippen LogP contribution in [0.2, 0.25) is 0 Å². The molecule has 0 radical (unpaired) electrons. The molecule has 0 saturated heterocycles. The number of hydrogen-bond donors (Lipinski definition) is 1. The molecule has 0 aromatic heterocycles. The van der Waals surface area contributed by atoms with E-state index in [2.05, 4.69) is 5.32 Å². The fourth-order valence-electron chi connectivity index (χ4n) is 3.61. The first-order chi connectivity index (χ1) is 16.6. The van der Waals surface area contributed by atoms with Crippen LogP contribution in [0, 0.1) is 0 Å². The molecule has 0 aliphatic rings. The normalized spacial score (nSPS) is 12.9. The van der Waals surface area contributed by atoms with E-state index in [-0.39, 0.29) is 37.4 Å². The summed E-state index contributed by atoms with van der Waals surface area (Å²) in [5.41, 5.74) is 1.39. The summed E-state index contributed by atoms with van der Waals surface area (Å²) >= 11 is 0. The largest absolute Gasteiger partial charge is 0.497 e. The smallest absolute Gasteiger partial charge is 0.242 e. The number of ether oxygens (including phenoxy) is 1. The molecule has 2 atom stereocenters. The molecule has 0 aliphatic carbocycles. The molecule has 2 rings (SSSR count). The van der Waals surface area contributed by atoms with Crippen molar-refractivity contribution in [3.05, 3.63) is 60.2 Å². The summed E-state index contributed by atoms with van der Waals surface area (Å²) in [6, 6.07) is 15.5. The Morgan fingerprint density at radius 3 is 2.34 bits per heavy atom. The van der Waals surface area contributed by atoms with Crippen molar-refractivity contribution in [2.75, 3.05) is 24.2 Å². The van der Waals surface area contributed by atoms with Crippen LogP contribution in [0.4, 0.5) is 5.69 Å². The molecule has 9 heteroatoms. The molecule has 192 valence electrons. The quantitative estimate of drug-likeness (QED) is 0.451. The maximum absolute atomic E-state index is 13.3. The first kappa shape index (κ1) is 28.2. The van der Waals surface area contributed by atoms with Gasteiger partial charge in [0.25, 0.3) is 0 Å². The van der Waals surface area contributed by atoms with Crippen LogP contribution in [0.25, 0.3) is 0 Å². The zero-order valence-corrected chi connectivity index (χ0v) is 22.0. The minimum atomic E-state index is -3.51. The van der Waals surface area contributed by atoms with Gasteiger partial charge in [-0.3, -0.25) is 13.9 Å². The number of rotatable bonds is 13. The summed E-state index contributed by atoms with van der Waals surface area (Å²) in [4.78, 5) is 27.7. The Balaban J connectivity index is 2.17. The second-order valence-electron chi connectivity index (χ2n) is 8.64. The Labute approximate surface area is 209 Å². The van der Waals surface area contributed by atoms with Crippen molar-refractivity contribution in [1.29, 1.82) is 0 Å². The molecular weight excluding hydrogens is 466 g/mol. The van der Waals surface area contributed by atoms with Gasteiger partial charge < -0.3 is 15.0 Å². The molecule has 1 N–H and O–H groups in total. The van der Waals surface area contributed by atoms with Gasteiger partial charge in [0.1, 0.15) is 11.8 Å². The van der Waals surface area contributed by atoms with Crippen LogP contribution in [0.3, 0.4) is 0 Å². The van der Waals surface area contributed by atoms with Gasteiger partial charge >= 0.3 is 0 Å². The van der Waals surface area contributed by atoms with E-state index in [1.165, 1.54) is 4.31 Å². The van der Waals surface area contributed by atoms with E-state index in [1.807, 2.05) is 44.2 Å². The highest BCUT2D eigenvalue weighted by atomic mass is 32.2. The van der Waals surface area contributed by atoms with Crippen molar-refractivity contribution in [2.45, 2.75) is 58.7 Å². The van der Waals surface area contributed by atoms with Crippen molar-refractivity contribution >= 4 is 27.5 Å². The number of benzene rings is 2. The lowest BCUT2D eigenvalue weighted by atomic mass is 10.1. The highest BCUT2D eigenvalue weighted by molar-refractivity contribution is 7.92. The van der Waals surface area contributed by atoms with Crippen LogP contribution in [0.1, 0.15) is 45.6 Å². The summed E-state index contributed by atoms with van der Waals surface area (Å²) in [5.74, 6) is 0.219. The molecule has 2 aromatic rings. The number of methoxy groups -OCH3 is 1. The number of para-hydroxylation sites is 1. The Morgan fingerprint density at radius 2 is 1.74 bits per heavy atom. The average Bonchev–Trinajstić information content (AvgIpc) is 2.84. The topological polar surface area (TPSA) is 96.0 Å². The van der Waals surface area contributed by atoms with Gasteiger partial charge in [0.15, 0.2) is 0 Å². The lowest BCUT2D eigenvalue weighted by molar-refractivity contribution is -0.140. The SMILES string of the molecule is CC[C@@H](C)NC(=O)[C@H](C)N(Cc1cccc(OC)c1)C(=O)CCCN(c1ccccc1)S(C)(=O)=O. The Hall–Kier alpha value is -3.07. The standard InChI is InChI=1S/C26H37N3O5S/c1-6-20(2)27-26(31)21(3)28(19-22-12-10-15-24(18-22)34-4)25(30)16-11-17-29(35(5,32)33)23-13-8-7-9-14-23/h7-10,12-15,18,20-21H,6,11,16-17,19H2,1-5H3,(H,27,31)/t20-,21+/m1/s1. The summed E-state index contributed by atoms with van der Waals surface area (Å²) in [5, 5.41) is 2.94. The first-order valence-electron chi connectivity index (χ1n) is 11.8. The van der Waals surface area contributed by atoms with Crippen molar-refractivity contribution in [2.24, 2.45) is 0 Å². The van der Waals surface area contributed by atoms with E-state index in [1.54, 1.807) is 43.2 Å². The number of amides is 2. The highest BCUT2D eigenvalue weighted by Crippen LogP contribution is 2.20. The second kappa shape index (κ2) is 13.1. The monoisotopic (exact) mass is 503 g/mol. The van der Waals surface area contributed by atoms with Crippen LogP contribution < -0.4 is 14.4 Å². The zero-order valence-electron chi connectivity index (χ0n) is 21.2. The highest BCUT2D eigenvalue weighted by Gasteiger charge is 2.27. The van der Waals surface area contributed by atoms with E-state index in [0.717, 1.165) is 18.2 Å². The minimum absolute atomic E-state index is 0.00656. The average molecular weight is 504 g/mol. The predicted octanol–water partition coefficient (Wildman–Crippen LogP) is 3.57. The van der Waals surface area contributed by atoms with E-state index < -0.39 is 16.1 Å². The molecular formula is C26H37N3O5S. The van der Waals surface area contributed by atoms with Crippen molar-refractivity contribution in [3.63, 3.8) is 0 Å². The van der Waals surface area contributed by atoms with Crippen molar-refractivity contribution in [1.82, 2.24) is 10.2 Å². The number of nitrogens with one attached hydrogen (secondary N) is 1. The number of carbonyl (C=O) groups excluding carboxylic acids is 2. The predicted molar refractivity (Wildman–Crippen MR) is 139 cm³/mol. The van der Waals surface area contributed by atoms with Gasteiger partial charge in [0.05, 0.1) is 19.1 Å². The molecule has 0 aliphatic heterocycles. The summed E-state index contributed by atoms with van der Waals surface area (Å²) in [6.07, 6.45) is 2.35. The summed E-state index contributed by atoms with van der Waals surface area (Å²) < 4.78 is 31.3. The van der Waals surface area contributed by atoms with Crippen LogP contribution >= 0.6 is 0 Å². The van der Waals surface area contributed by atoms with Crippen LogP contribution in [-0.4, -0.2) is 57.1 Å². The van der Waals surface area contributed by atoms with Crippen molar-refractivity contribution < 1.29 is 22.7 Å². The van der Waals surface area contributed by atoms with E-state index >= 15 is 0 Å². The van der Waals surface area contributed by atoms with Gasteiger partial charge in [0, 0.05) is 25.6 Å². The lowest BCUT2D eigenvalue weighted by Crippen LogP contribution is -2.49. The van der Waals surface area contributed by atoms with Crippen molar-refractivity contribution in [3.8, 4) is 5.75 Å². The third kappa shape index (κ3) is 8.58. The van der Waals surface area contributed by atoms with E-state index in [9.17, 15) is 18.0 Å². The molecule has 0 saturated carbocycles. The van der Waals surface area contributed by atoms with Gasteiger partial charge in [-0.15, -0.1) is 0 Å². The number of carbonyl (C=O) groups is 2. The summed E-state index contributed by atoms with van der Waals surface area (Å²) in [7, 11) is -1.93. The Bertz CT molecular complexity index is 1080. The van der Waals surface area contributed by atoms with Gasteiger partial charge in [-0.2, -0.15) is 0 Å². The van der Waals surface area contributed by atoms with Crippen LogP contribution in [0.5, 0.6) is 5.75 Å². The molecule has 35 heavy (non-hydrogen) atoms. The molecule has 0 unspecified atom stereocenters. The third-order valence-electron chi connectivity index (χ3n) is 5.85. The number of hydrogen-bond acceptors (Lipinski definition) is 5. The third-order valence-corrected chi connectivity index (χ3v) is 7.05. The maximum atomic E-state index is 13.3. The molecule has 2 aromatic carbocycles. The van der Waals surface area contributed by atoms with Gasteiger partial charge in [-0.1, -0.05) is 37.3 Å². The molecule has 0 fully saturated rings. The van der Waals surface area contributed by atoms with E-state index in [0.29, 0.717) is 17.9 Å². The lowest BCUT2D eigenvalue weighted by Gasteiger charge is -2.30. The molecule has 0 heterocycles. The van der Waals surface area contributed by atoms with Crippen LogP contribution in [0.15, 0.2) is 54.6 Å². The van der Waals surface area contributed by atoms with Crippen LogP contribution in [-0.2, 0) is 26.2 Å². The second-order valence-corrected chi connectivity index (χ2v) is 10.5. The molecule has 0 spiro atoms. The number of anilines is 1. The van der Waals surface area contributed by atoms with Gasteiger partial charge in [-0.05, 0) is 56.5 Å². The number of sulfonamides is 1. The minimum Gasteiger partial charge on any atom is -0.497 e. The Kier molecular flexibility index (Phi) is 10.6. The fourth-order valence-corrected chi connectivity index (χ4v) is 4.58. The maximum Gasteiger partial charge on any atom is 0.242 e. The Morgan fingerprint density at radius 1 is 1.06 bits per heavy atom. The number of nitrogens with zero attached hydrogens (tertiary/aromatic N) is 2. The van der Waals surface area contributed by atoms with Gasteiger partial charge in [0.2, 0.25) is 21.8 Å². The zero-order chi connectivity index (χ0) is 26.0. The van der Waals surface area contributed by atoms with E-state index in [4.69, 9.17) is 4.74 Å². The molecule has 2 amide bonds. The molecule has 8 nitrogen and oxygen atoms in total. The molecule has 0 bridgehead atoms.